The number of benzene rings is 2. The molecule has 0 saturated carbocycles. The molecule has 0 fully saturated rings. The average Bonchev–Trinajstić information content (AvgIpc) is 3.01. The summed E-state index contributed by atoms with van der Waals surface area (Å²) in [5.74, 6) is 0.224. The zero-order chi connectivity index (χ0) is 18.0. The van der Waals surface area contributed by atoms with Crippen molar-refractivity contribution in [2.75, 3.05) is 5.32 Å². The van der Waals surface area contributed by atoms with Gasteiger partial charge in [0.15, 0.2) is 10.7 Å². The topological polar surface area (TPSA) is 87.4 Å². The van der Waals surface area contributed by atoms with Gasteiger partial charge in [-0.1, -0.05) is 19.1 Å². The summed E-state index contributed by atoms with van der Waals surface area (Å²) < 4.78 is 5.73. The lowest BCUT2D eigenvalue weighted by atomic mass is 10.1. The number of carbonyl (C=O) groups is 1. The number of fused-ring (bicyclic) bond motifs is 1. The van der Waals surface area contributed by atoms with Crippen molar-refractivity contribution in [2.45, 2.75) is 20.3 Å². The molecule has 0 atom stereocenters. The molecule has 128 valence electrons. The monoisotopic (exact) mass is 355 g/mol. The fourth-order valence-electron chi connectivity index (χ4n) is 2.38. The van der Waals surface area contributed by atoms with Crippen molar-refractivity contribution in [3.05, 3.63) is 42.0 Å². The second-order valence-corrected chi connectivity index (χ2v) is 5.94. The number of phenolic OH excluding ortho intramolecular Hbond substituents is 1. The number of amides is 1. The molecule has 25 heavy (non-hydrogen) atoms. The minimum absolute atomic E-state index is 0.0839. The molecule has 0 saturated heterocycles. The zero-order valence-corrected chi connectivity index (χ0v) is 14.6. The van der Waals surface area contributed by atoms with Gasteiger partial charge < -0.3 is 20.2 Å². The molecule has 1 amide bonds. The number of hydrogen-bond acceptors (Lipinski definition) is 5. The van der Waals surface area contributed by atoms with Gasteiger partial charge in [-0.2, -0.15) is 0 Å². The zero-order valence-electron chi connectivity index (χ0n) is 13.8. The third kappa shape index (κ3) is 3.61. The SMILES string of the molecule is CCC(=O)NC(=S)Nc1cc(C)c(O)c(-c2nc3ccccc3o2)c1. The molecule has 0 bridgehead atoms. The molecule has 0 aliphatic rings. The molecule has 1 heterocycles. The van der Waals surface area contributed by atoms with Crippen molar-refractivity contribution in [3.8, 4) is 17.2 Å². The number of thiocarbonyl (C=S) groups is 1. The molecule has 0 spiro atoms. The van der Waals surface area contributed by atoms with Gasteiger partial charge in [0.05, 0.1) is 5.56 Å². The van der Waals surface area contributed by atoms with Crippen molar-refractivity contribution in [2.24, 2.45) is 0 Å². The highest BCUT2D eigenvalue weighted by Crippen LogP contribution is 2.35. The van der Waals surface area contributed by atoms with Crippen LogP contribution < -0.4 is 10.6 Å². The molecular formula is C18H17N3O3S. The first kappa shape index (κ1) is 16.9. The second-order valence-electron chi connectivity index (χ2n) is 5.53. The maximum absolute atomic E-state index is 11.4. The molecule has 0 aliphatic carbocycles. The van der Waals surface area contributed by atoms with Crippen LogP contribution in [0.1, 0.15) is 18.9 Å². The maximum Gasteiger partial charge on any atom is 0.231 e. The van der Waals surface area contributed by atoms with Crippen LogP contribution in [-0.2, 0) is 4.79 Å². The molecule has 6 nitrogen and oxygen atoms in total. The highest BCUT2D eigenvalue weighted by molar-refractivity contribution is 7.80. The van der Waals surface area contributed by atoms with Crippen LogP contribution in [0.15, 0.2) is 40.8 Å². The van der Waals surface area contributed by atoms with Crippen molar-refractivity contribution < 1.29 is 14.3 Å². The Morgan fingerprint density at radius 3 is 2.80 bits per heavy atom. The van der Waals surface area contributed by atoms with Crippen LogP contribution in [-0.4, -0.2) is 21.1 Å². The molecule has 3 N–H and O–H groups in total. The summed E-state index contributed by atoms with van der Waals surface area (Å²) >= 11 is 5.12. The second kappa shape index (κ2) is 6.90. The molecule has 3 rings (SSSR count). The Balaban J connectivity index is 1.95. The van der Waals surface area contributed by atoms with E-state index in [0.717, 1.165) is 0 Å². The smallest absolute Gasteiger partial charge is 0.231 e. The predicted molar refractivity (Wildman–Crippen MR) is 101 cm³/mol. The van der Waals surface area contributed by atoms with Crippen molar-refractivity contribution >= 4 is 40.0 Å². The van der Waals surface area contributed by atoms with E-state index in [9.17, 15) is 9.90 Å². The first-order chi connectivity index (χ1) is 12.0. The Bertz CT molecular complexity index is 932. The van der Waals surface area contributed by atoms with Crippen molar-refractivity contribution in [1.82, 2.24) is 10.3 Å². The maximum atomic E-state index is 11.4. The number of anilines is 1. The van der Waals surface area contributed by atoms with E-state index in [1.54, 1.807) is 26.0 Å². The Hall–Kier alpha value is -2.93. The van der Waals surface area contributed by atoms with Gasteiger partial charge in [-0.05, 0) is 49.0 Å². The number of nitrogens with zero attached hydrogens (tertiary/aromatic N) is 1. The number of carbonyl (C=O) groups excluding carboxylic acids is 1. The van der Waals surface area contributed by atoms with Gasteiger partial charge in [0.2, 0.25) is 11.8 Å². The van der Waals surface area contributed by atoms with Crippen molar-refractivity contribution in [3.63, 3.8) is 0 Å². The van der Waals surface area contributed by atoms with Crippen molar-refractivity contribution in [1.29, 1.82) is 0 Å². The van der Waals surface area contributed by atoms with E-state index < -0.39 is 0 Å². The Morgan fingerprint density at radius 1 is 1.32 bits per heavy atom. The molecular weight excluding hydrogens is 338 g/mol. The summed E-state index contributed by atoms with van der Waals surface area (Å²) in [6.45, 7) is 3.51. The molecule has 2 aromatic carbocycles. The number of aromatic hydroxyl groups is 1. The van der Waals surface area contributed by atoms with Gasteiger partial charge in [-0.15, -0.1) is 0 Å². The van der Waals surface area contributed by atoms with Gasteiger partial charge in [0.25, 0.3) is 0 Å². The Kier molecular flexibility index (Phi) is 4.67. The minimum Gasteiger partial charge on any atom is -0.507 e. The average molecular weight is 355 g/mol. The summed E-state index contributed by atoms with van der Waals surface area (Å²) in [6.07, 6.45) is 0.338. The Morgan fingerprint density at radius 2 is 2.08 bits per heavy atom. The third-order valence-corrected chi connectivity index (χ3v) is 3.86. The molecule has 1 aromatic heterocycles. The van der Waals surface area contributed by atoms with E-state index in [0.29, 0.717) is 40.2 Å². The lowest BCUT2D eigenvalue weighted by molar-refractivity contribution is -0.119. The van der Waals surface area contributed by atoms with Crippen LogP contribution in [0.3, 0.4) is 0 Å². The summed E-state index contributed by atoms with van der Waals surface area (Å²) in [5.41, 5.74) is 3.04. The van der Waals surface area contributed by atoms with Crippen LogP contribution in [0.5, 0.6) is 5.75 Å². The molecule has 3 aromatic rings. The number of oxazole rings is 1. The Labute approximate surface area is 149 Å². The van der Waals surface area contributed by atoms with Gasteiger partial charge in [0.1, 0.15) is 11.3 Å². The van der Waals surface area contributed by atoms with E-state index in [2.05, 4.69) is 15.6 Å². The van der Waals surface area contributed by atoms with E-state index in [4.69, 9.17) is 16.6 Å². The standard InChI is InChI=1S/C18H17N3O3S/c1-3-15(22)21-18(25)19-11-8-10(2)16(23)12(9-11)17-20-13-6-4-5-7-14(13)24-17/h4-9,23H,3H2,1-2H3,(H2,19,21,22,25). The lowest BCUT2D eigenvalue weighted by Crippen LogP contribution is -2.33. The van der Waals surface area contributed by atoms with E-state index in [-0.39, 0.29) is 16.8 Å². The summed E-state index contributed by atoms with van der Waals surface area (Å²) in [4.78, 5) is 15.8. The predicted octanol–water partition coefficient (Wildman–Crippen LogP) is 3.73. The fraction of sp³-hybridized carbons (Fsp3) is 0.167. The van der Waals surface area contributed by atoms with E-state index in [1.165, 1.54) is 0 Å². The number of phenols is 1. The first-order valence-corrected chi connectivity index (χ1v) is 8.19. The highest BCUT2D eigenvalue weighted by Gasteiger charge is 2.16. The van der Waals surface area contributed by atoms with E-state index >= 15 is 0 Å². The number of aryl methyl sites for hydroxylation is 1. The van der Waals surface area contributed by atoms with Gasteiger partial charge in [0, 0.05) is 12.1 Å². The number of aromatic nitrogens is 1. The van der Waals surface area contributed by atoms with Crippen LogP contribution in [0.2, 0.25) is 0 Å². The lowest BCUT2D eigenvalue weighted by Gasteiger charge is -2.12. The highest BCUT2D eigenvalue weighted by atomic mass is 32.1. The summed E-state index contributed by atoms with van der Waals surface area (Å²) in [6, 6.07) is 10.8. The number of nitrogens with one attached hydrogen (secondary N) is 2. The molecule has 0 radical (unpaired) electrons. The van der Waals surface area contributed by atoms with Gasteiger partial charge >= 0.3 is 0 Å². The normalized spacial score (nSPS) is 10.6. The molecule has 0 unspecified atom stereocenters. The van der Waals surface area contributed by atoms with Crippen LogP contribution in [0.4, 0.5) is 5.69 Å². The fourth-order valence-corrected chi connectivity index (χ4v) is 2.61. The largest absolute Gasteiger partial charge is 0.507 e. The summed E-state index contributed by atoms with van der Waals surface area (Å²) in [7, 11) is 0. The number of hydrogen-bond donors (Lipinski definition) is 3. The van der Waals surface area contributed by atoms with Gasteiger partial charge in [-0.25, -0.2) is 4.98 Å². The molecule has 7 heteroatoms. The third-order valence-electron chi connectivity index (χ3n) is 3.66. The minimum atomic E-state index is -0.174. The summed E-state index contributed by atoms with van der Waals surface area (Å²) in [5, 5.41) is 16.1. The van der Waals surface area contributed by atoms with Crippen LogP contribution in [0, 0.1) is 6.92 Å². The van der Waals surface area contributed by atoms with E-state index in [1.807, 2.05) is 24.3 Å². The van der Waals surface area contributed by atoms with Gasteiger partial charge in [-0.3, -0.25) is 4.79 Å². The van der Waals surface area contributed by atoms with Crippen LogP contribution >= 0.6 is 12.2 Å². The quantitative estimate of drug-likeness (QED) is 0.490. The number of rotatable bonds is 3. The first-order valence-electron chi connectivity index (χ1n) is 7.78. The van der Waals surface area contributed by atoms with Crippen LogP contribution in [0.25, 0.3) is 22.6 Å². The molecule has 0 aliphatic heterocycles. The number of para-hydroxylation sites is 2.